The van der Waals surface area contributed by atoms with Gasteiger partial charge in [0.1, 0.15) is 0 Å². The molecule has 0 aromatic heterocycles. The average Bonchev–Trinajstić information content (AvgIpc) is 1.61. The third-order valence-corrected chi connectivity index (χ3v) is 0.691. The molecule has 7 heavy (non-hydrogen) atoms. The topological polar surface area (TPSA) is 0 Å². The van der Waals surface area contributed by atoms with Crippen LogP contribution < -0.4 is 0 Å². The summed E-state index contributed by atoms with van der Waals surface area (Å²) in [7, 11) is 0. The van der Waals surface area contributed by atoms with Crippen LogP contribution in [0.5, 0.6) is 0 Å². The zero-order valence-corrected chi connectivity index (χ0v) is 5.57. The molecule has 0 atom stereocenters. The molecule has 0 saturated heterocycles. The average molecular weight is 91.1 g/mol. The van der Waals surface area contributed by atoms with Crippen molar-refractivity contribution < 1.29 is 0 Å². The van der Waals surface area contributed by atoms with Crippen molar-refractivity contribution in [2.75, 3.05) is 0 Å². The van der Waals surface area contributed by atoms with E-state index in [0.29, 0.717) is 0 Å². The quantitative estimate of drug-likeness (QED) is 0.360. The van der Waals surface area contributed by atoms with Crippen LogP contribution >= 0.6 is 0 Å². The standard InChI is InChI=1S/C6H12.Li/c1-3-5-6-4-2;/h3,5H,4,6H2,1-2H3;. The minimum absolute atomic E-state index is 0. The predicted octanol–water partition coefficient (Wildman–Crippen LogP) is 1.98. The Morgan fingerprint density at radius 1 is 1.43 bits per heavy atom. The summed E-state index contributed by atoms with van der Waals surface area (Å²) in [6, 6.07) is 0. The van der Waals surface area contributed by atoms with E-state index >= 15 is 0 Å². The molecule has 0 N–H and O–H groups in total. The van der Waals surface area contributed by atoms with Crippen molar-refractivity contribution >= 4 is 18.9 Å². The summed E-state index contributed by atoms with van der Waals surface area (Å²) in [6.45, 7) is 4.23. The fourth-order valence-corrected chi connectivity index (χ4v) is 0.333. The largest absolute Gasteiger partial charge is 0.0917 e. The molecule has 0 aliphatic heterocycles. The molecule has 0 aliphatic carbocycles. The van der Waals surface area contributed by atoms with Gasteiger partial charge in [0.15, 0.2) is 0 Å². The summed E-state index contributed by atoms with van der Waals surface area (Å²) in [4.78, 5) is 0. The van der Waals surface area contributed by atoms with Gasteiger partial charge in [0.25, 0.3) is 0 Å². The maximum Gasteiger partial charge on any atom is 0 e. The Bertz CT molecular complexity index is 39.4. The van der Waals surface area contributed by atoms with Gasteiger partial charge in [-0.2, -0.15) is 0 Å². The summed E-state index contributed by atoms with van der Waals surface area (Å²) < 4.78 is 0. The summed E-state index contributed by atoms with van der Waals surface area (Å²) in [5.74, 6) is 0. The Kier molecular flexibility index (Phi) is 14.2. The van der Waals surface area contributed by atoms with Gasteiger partial charge < -0.3 is 0 Å². The van der Waals surface area contributed by atoms with Crippen molar-refractivity contribution in [1.82, 2.24) is 0 Å². The van der Waals surface area contributed by atoms with E-state index in [2.05, 4.69) is 26.0 Å². The molecule has 0 rings (SSSR count). The van der Waals surface area contributed by atoms with Gasteiger partial charge in [0, 0.05) is 18.9 Å². The molecule has 0 aromatic carbocycles. The van der Waals surface area contributed by atoms with E-state index in [9.17, 15) is 0 Å². The van der Waals surface area contributed by atoms with Crippen LogP contribution in [0.4, 0.5) is 0 Å². The van der Waals surface area contributed by atoms with Crippen molar-refractivity contribution in [3.63, 3.8) is 0 Å². The van der Waals surface area contributed by atoms with Crippen LogP contribution in [0.2, 0.25) is 0 Å². The molecule has 0 amide bonds. The first kappa shape index (κ1) is 10.3. The number of hydrogen-bond acceptors (Lipinski definition) is 0. The summed E-state index contributed by atoms with van der Waals surface area (Å²) in [5.41, 5.74) is 0. The number of allylic oxidation sites excluding steroid dienone is 2. The Morgan fingerprint density at radius 2 is 2.00 bits per heavy atom. The molecule has 0 aromatic rings. The zero-order valence-electron chi connectivity index (χ0n) is 5.57. The fourth-order valence-electron chi connectivity index (χ4n) is 0.333. The van der Waals surface area contributed by atoms with Gasteiger partial charge in [-0.15, -0.1) is 0 Å². The van der Waals surface area contributed by atoms with Crippen LogP contribution in [0, 0.1) is 0 Å². The SMILES string of the molecule is CC=CCCC.[Li]. The second kappa shape index (κ2) is 9.60. The third-order valence-electron chi connectivity index (χ3n) is 0.691. The van der Waals surface area contributed by atoms with Gasteiger partial charge >= 0.3 is 0 Å². The fraction of sp³-hybridized carbons (Fsp3) is 0.667. The summed E-state index contributed by atoms with van der Waals surface area (Å²) in [6.07, 6.45) is 6.77. The Labute approximate surface area is 58.2 Å². The van der Waals surface area contributed by atoms with E-state index in [1.807, 2.05) is 0 Å². The van der Waals surface area contributed by atoms with Gasteiger partial charge in [-0.1, -0.05) is 25.5 Å². The third kappa shape index (κ3) is 10.7. The molecule has 37 valence electrons. The summed E-state index contributed by atoms with van der Waals surface area (Å²) in [5, 5.41) is 0. The molecule has 1 heteroatoms. The first-order chi connectivity index (χ1) is 2.91. The monoisotopic (exact) mass is 91.1 g/mol. The molecule has 0 nitrogen and oxygen atoms in total. The Balaban J connectivity index is 0. The minimum Gasteiger partial charge on any atom is -0.0917 e. The maximum atomic E-state index is 2.18. The van der Waals surface area contributed by atoms with E-state index in [0.717, 1.165) is 0 Å². The van der Waals surface area contributed by atoms with Crippen LogP contribution in [-0.2, 0) is 0 Å². The molecular weight excluding hydrogens is 79.0 g/mol. The van der Waals surface area contributed by atoms with Gasteiger partial charge in [0.2, 0.25) is 0 Å². The number of unbranched alkanes of at least 4 members (excludes halogenated alkanes) is 1. The smallest absolute Gasteiger partial charge is 0 e. The van der Waals surface area contributed by atoms with Crippen molar-refractivity contribution in [2.24, 2.45) is 0 Å². The molecule has 1 radical (unpaired) electrons. The maximum absolute atomic E-state index is 2.18. The van der Waals surface area contributed by atoms with Gasteiger partial charge in [-0.05, 0) is 13.3 Å². The zero-order chi connectivity index (χ0) is 4.83. The number of hydrogen-bond donors (Lipinski definition) is 0. The summed E-state index contributed by atoms with van der Waals surface area (Å²) >= 11 is 0. The second-order valence-electron chi connectivity index (χ2n) is 1.36. The van der Waals surface area contributed by atoms with Crippen LogP contribution in [-0.4, -0.2) is 18.9 Å². The van der Waals surface area contributed by atoms with E-state index in [1.165, 1.54) is 12.8 Å². The molecule has 0 bridgehead atoms. The van der Waals surface area contributed by atoms with Crippen molar-refractivity contribution in [3.05, 3.63) is 12.2 Å². The van der Waals surface area contributed by atoms with E-state index in [4.69, 9.17) is 0 Å². The van der Waals surface area contributed by atoms with Crippen LogP contribution in [0.3, 0.4) is 0 Å². The van der Waals surface area contributed by atoms with Crippen LogP contribution in [0.15, 0.2) is 12.2 Å². The van der Waals surface area contributed by atoms with Gasteiger partial charge in [0.05, 0.1) is 0 Å². The molecule has 0 spiro atoms. The van der Waals surface area contributed by atoms with Crippen LogP contribution in [0.25, 0.3) is 0 Å². The van der Waals surface area contributed by atoms with Gasteiger partial charge in [-0.25, -0.2) is 0 Å². The molecular formula is C6H12Li. The first-order valence-corrected chi connectivity index (χ1v) is 2.53. The van der Waals surface area contributed by atoms with Crippen molar-refractivity contribution in [1.29, 1.82) is 0 Å². The molecule has 0 fully saturated rings. The van der Waals surface area contributed by atoms with E-state index in [-0.39, 0.29) is 18.9 Å². The first-order valence-electron chi connectivity index (χ1n) is 2.53. The number of rotatable bonds is 2. The molecule has 0 saturated carbocycles. The predicted molar refractivity (Wildman–Crippen MR) is 35.5 cm³/mol. The van der Waals surface area contributed by atoms with E-state index < -0.39 is 0 Å². The van der Waals surface area contributed by atoms with Gasteiger partial charge in [-0.3, -0.25) is 0 Å². The van der Waals surface area contributed by atoms with E-state index in [1.54, 1.807) is 0 Å². The Hall–Kier alpha value is 0.337. The molecule has 0 aliphatic rings. The normalized spacial score (nSPS) is 8.86. The van der Waals surface area contributed by atoms with Crippen molar-refractivity contribution in [2.45, 2.75) is 26.7 Å². The molecule has 0 unspecified atom stereocenters. The second-order valence-corrected chi connectivity index (χ2v) is 1.36. The Morgan fingerprint density at radius 3 is 2.14 bits per heavy atom. The molecule has 0 heterocycles. The minimum atomic E-state index is 0. The van der Waals surface area contributed by atoms with Crippen molar-refractivity contribution in [3.8, 4) is 0 Å². The van der Waals surface area contributed by atoms with Crippen LogP contribution in [0.1, 0.15) is 26.7 Å².